The summed E-state index contributed by atoms with van der Waals surface area (Å²) in [6, 6.07) is 13.1. The van der Waals surface area contributed by atoms with Gasteiger partial charge in [-0.3, -0.25) is 4.79 Å². The predicted octanol–water partition coefficient (Wildman–Crippen LogP) is 6.45. The number of amides is 1. The molecule has 3 aromatic rings. The van der Waals surface area contributed by atoms with Crippen LogP contribution in [0.15, 0.2) is 58.9 Å². The number of rotatable bonds is 11. The van der Waals surface area contributed by atoms with Crippen molar-refractivity contribution < 1.29 is 14.3 Å². The number of nitrogens with one attached hydrogen (secondary N) is 2. The summed E-state index contributed by atoms with van der Waals surface area (Å²) in [5, 5.41) is 11.9. The van der Waals surface area contributed by atoms with E-state index in [2.05, 4.69) is 31.4 Å². The Kier molecular flexibility index (Phi) is 8.99. The first-order valence-electron chi connectivity index (χ1n) is 13.1. The molecule has 8 nitrogen and oxygen atoms in total. The lowest BCUT2D eigenvalue weighted by atomic mass is 9.94. The van der Waals surface area contributed by atoms with Crippen LogP contribution in [-0.4, -0.2) is 40.1 Å². The number of anilines is 2. The molecule has 0 aliphatic carbocycles. The van der Waals surface area contributed by atoms with Crippen LogP contribution < -0.4 is 20.1 Å². The molecule has 0 saturated heterocycles. The molecule has 2 aromatic carbocycles. The summed E-state index contributed by atoms with van der Waals surface area (Å²) in [4.78, 5) is 18.5. The van der Waals surface area contributed by atoms with Gasteiger partial charge in [-0.2, -0.15) is 4.98 Å². The minimum atomic E-state index is -0.502. The number of para-hydroxylation sites is 1. The molecule has 2 heterocycles. The van der Waals surface area contributed by atoms with Gasteiger partial charge in [0.25, 0.3) is 5.91 Å². The predicted molar refractivity (Wildman–Crippen MR) is 153 cm³/mol. The molecule has 2 N–H and O–H groups in total. The average molecular weight is 536 g/mol. The van der Waals surface area contributed by atoms with Gasteiger partial charge >= 0.3 is 0 Å². The number of hydrogen-bond acceptors (Lipinski definition) is 7. The first-order valence-corrected chi connectivity index (χ1v) is 14.1. The van der Waals surface area contributed by atoms with Crippen LogP contribution in [-0.2, 0) is 4.79 Å². The van der Waals surface area contributed by atoms with Crippen LogP contribution in [0, 0.1) is 12.8 Å². The smallest absolute Gasteiger partial charge is 0.255 e. The molecule has 0 saturated carbocycles. The van der Waals surface area contributed by atoms with Crippen LogP contribution in [0.1, 0.15) is 57.7 Å². The molecule has 1 aliphatic heterocycles. The molecule has 9 heteroatoms. The molecule has 0 radical (unpaired) electrons. The highest BCUT2D eigenvalue weighted by Crippen LogP contribution is 2.40. The van der Waals surface area contributed by atoms with Gasteiger partial charge in [-0.25, -0.2) is 4.68 Å². The van der Waals surface area contributed by atoms with E-state index < -0.39 is 6.04 Å². The van der Waals surface area contributed by atoms with Crippen LogP contribution in [0.25, 0.3) is 0 Å². The molecule has 1 atom stereocenters. The molecule has 0 spiro atoms. The summed E-state index contributed by atoms with van der Waals surface area (Å²) in [5.74, 6) is 3.16. The maximum absolute atomic E-state index is 13.8. The van der Waals surface area contributed by atoms with Gasteiger partial charge in [0.05, 0.1) is 19.3 Å². The molecule has 4 rings (SSSR count). The fourth-order valence-corrected chi connectivity index (χ4v) is 4.95. The minimum Gasteiger partial charge on any atom is -0.493 e. The van der Waals surface area contributed by atoms with Gasteiger partial charge in [0.15, 0.2) is 11.5 Å². The van der Waals surface area contributed by atoms with Crippen molar-refractivity contribution in [3.63, 3.8) is 0 Å². The summed E-state index contributed by atoms with van der Waals surface area (Å²) < 4.78 is 13.5. The van der Waals surface area contributed by atoms with Gasteiger partial charge in [-0.05, 0) is 61.9 Å². The van der Waals surface area contributed by atoms with Crippen molar-refractivity contribution >= 4 is 29.3 Å². The molecule has 1 amide bonds. The zero-order valence-electron chi connectivity index (χ0n) is 23.0. The zero-order chi connectivity index (χ0) is 27.2. The van der Waals surface area contributed by atoms with E-state index in [1.807, 2.05) is 56.3 Å². The second kappa shape index (κ2) is 12.4. The Morgan fingerprint density at radius 3 is 2.68 bits per heavy atom. The molecule has 202 valence electrons. The van der Waals surface area contributed by atoms with E-state index in [9.17, 15) is 4.79 Å². The third-order valence-electron chi connectivity index (χ3n) is 6.36. The van der Waals surface area contributed by atoms with Crippen LogP contribution in [0.5, 0.6) is 11.5 Å². The summed E-state index contributed by atoms with van der Waals surface area (Å²) in [5.41, 5.74) is 3.90. The summed E-state index contributed by atoms with van der Waals surface area (Å²) in [6.45, 7) is 10.9. The third kappa shape index (κ3) is 6.15. The van der Waals surface area contributed by atoms with E-state index in [0.717, 1.165) is 41.1 Å². The Hall–Kier alpha value is -3.46. The Balaban J connectivity index is 1.74. The Morgan fingerprint density at radius 1 is 1.18 bits per heavy atom. The largest absolute Gasteiger partial charge is 0.493 e. The van der Waals surface area contributed by atoms with Crippen molar-refractivity contribution in [3.05, 3.63) is 64.9 Å². The number of carbonyl (C=O) groups is 1. The van der Waals surface area contributed by atoms with Gasteiger partial charge in [-0.15, -0.1) is 5.10 Å². The number of methoxy groups -OCH3 is 1. The second-order valence-electron chi connectivity index (χ2n) is 9.79. The number of nitrogens with zero attached hydrogens (tertiary/aromatic N) is 3. The van der Waals surface area contributed by atoms with Gasteiger partial charge in [0.2, 0.25) is 11.1 Å². The van der Waals surface area contributed by atoms with E-state index in [0.29, 0.717) is 40.7 Å². The highest BCUT2D eigenvalue weighted by atomic mass is 32.2. The van der Waals surface area contributed by atoms with E-state index in [-0.39, 0.29) is 5.91 Å². The van der Waals surface area contributed by atoms with E-state index in [1.165, 1.54) is 0 Å². The molecule has 0 bridgehead atoms. The number of allylic oxidation sites excluding steroid dienone is 1. The van der Waals surface area contributed by atoms with Crippen molar-refractivity contribution in [3.8, 4) is 11.5 Å². The first-order chi connectivity index (χ1) is 18.3. The number of benzene rings is 2. The maximum atomic E-state index is 13.8. The van der Waals surface area contributed by atoms with Crippen LogP contribution in [0.3, 0.4) is 0 Å². The molecule has 38 heavy (non-hydrogen) atoms. The Labute approximate surface area is 229 Å². The number of aromatic nitrogens is 3. The van der Waals surface area contributed by atoms with Crippen LogP contribution in [0.2, 0.25) is 0 Å². The standard InChI is InChI=1S/C29H37N5O3S/c1-7-16-38-29-32-28-30-20(5)25(27(35)31-22-11-9-8-10-19(22)4)26(34(28)33-29)21-12-13-23(24(17-21)36-6)37-15-14-18(2)3/h8-13,17-18,26H,7,14-16H2,1-6H3,(H,31,35)(H,30,32,33). The number of hydrogen-bond donors (Lipinski definition) is 2. The van der Waals surface area contributed by atoms with Gasteiger partial charge in [-0.1, -0.05) is 56.8 Å². The zero-order valence-corrected chi connectivity index (χ0v) is 23.8. The van der Waals surface area contributed by atoms with Gasteiger partial charge in [0, 0.05) is 17.1 Å². The Bertz CT molecular complexity index is 1320. The molecule has 1 unspecified atom stereocenters. The maximum Gasteiger partial charge on any atom is 0.255 e. The van der Waals surface area contributed by atoms with E-state index in [1.54, 1.807) is 23.6 Å². The van der Waals surface area contributed by atoms with Crippen LogP contribution in [0.4, 0.5) is 11.6 Å². The number of fused-ring (bicyclic) bond motifs is 1. The van der Waals surface area contributed by atoms with Crippen LogP contribution >= 0.6 is 11.8 Å². The molecular formula is C29H37N5O3S. The highest BCUT2D eigenvalue weighted by Gasteiger charge is 2.35. The van der Waals surface area contributed by atoms with Crippen molar-refractivity contribution in [1.29, 1.82) is 0 Å². The van der Waals surface area contributed by atoms with Gasteiger partial charge < -0.3 is 20.1 Å². The normalized spacial score (nSPS) is 14.8. The number of aryl methyl sites for hydroxylation is 1. The van der Waals surface area contributed by atoms with Crippen molar-refractivity contribution in [2.24, 2.45) is 5.92 Å². The topological polar surface area (TPSA) is 90.3 Å². The van der Waals surface area contributed by atoms with E-state index >= 15 is 0 Å². The number of ether oxygens (including phenoxy) is 2. The summed E-state index contributed by atoms with van der Waals surface area (Å²) in [7, 11) is 1.63. The molecular weight excluding hydrogens is 498 g/mol. The Morgan fingerprint density at radius 2 is 1.97 bits per heavy atom. The monoisotopic (exact) mass is 535 g/mol. The number of thioether (sulfide) groups is 1. The molecule has 0 fully saturated rings. The fraction of sp³-hybridized carbons (Fsp3) is 0.414. The fourth-order valence-electron chi connectivity index (χ4n) is 4.27. The SMILES string of the molecule is CCCSc1nc2n(n1)C(c1ccc(OCCC(C)C)c(OC)c1)C(C(=O)Nc1ccccc1C)=C(C)N2. The lowest BCUT2D eigenvalue weighted by molar-refractivity contribution is -0.113. The summed E-state index contributed by atoms with van der Waals surface area (Å²) >= 11 is 1.60. The van der Waals surface area contributed by atoms with Crippen molar-refractivity contribution in [2.45, 2.75) is 58.7 Å². The average Bonchev–Trinajstić information content (AvgIpc) is 3.30. The van der Waals surface area contributed by atoms with E-state index in [4.69, 9.17) is 19.6 Å². The third-order valence-corrected chi connectivity index (χ3v) is 7.41. The summed E-state index contributed by atoms with van der Waals surface area (Å²) in [6.07, 6.45) is 1.97. The first kappa shape index (κ1) is 27.6. The lowest BCUT2D eigenvalue weighted by Gasteiger charge is -2.29. The lowest BCUT2D eigenvalue weighted by Crippen LogP contribution is -2.31. The van der Waals surface area contributed by atoms with Crippen molar-refractivity contribution in [1.82, 2.24) is 14.8 Å². The number of carbonyl (C=O) groups excluding carboxylic acids is 1. The molecule has 1 aliphatic rings. The quantitative estimate of drug-likeness (QED) is 0.273. The van der Waals surface area contributed by atoms with Crippen molar-refractivity contribution in [2.75, 3.05) is 30.1 Å². The second-order valence-corrected chi connectivity index (χ2v) is 10.8. The highest BCUT2D eigenvalue weighted by molar-refractivity contribution is 7.99. The molecule has 1 aromatic heterocycles. The van der Waals surface area contributed by atoms with Gasteiger partial charge in [0.1, 0.15) is 6.04 Å². The minimum absolute atomic E-state index is 0.200.